The molecule has 0 spiro atoms. The van der Waals surface area contributed by atoms with E-state index in [9.17, 15) is 4.79 Å². The standard InChI is InChI=1S/C19H27N3O3/c23-19(20-13-17-12-15-4-1-2-6-18(15)25-17)22-9-7-21(8-10-22)14-16-5-3-11-24-16/h1-2,4,6,16-17H,3,5,7-14H2,(H,20,23)/t16-,17-/m1/s1. The van der Waals surface area contributed by atoms with Gasteiger partial charge in [-0.25, -0.2) is 4.79 Å². The zero-order chi connectivity index (χ0) is 17.1. The van der Waals surface area contributed by atoms with Gasteiger partial charge in [0.05, 0.1) is 12.6 Å². The van der Waals surface area contributed by atoms with Gasteiger partial charge >= 0.3 is 6.03 Å². The van der Waals surface area contributed by atoms with Crippen LogP contribution in [0.5, 0.6) is 5.75 Å². The van der Waals surface area contributed by atoms with E-state index in [0.717, 1.165) is 51.5 Å². The molecule has 2 fully saturated rings. The topological polar surface area (TPSA) is 54.0 Å². The number of amides is 2. The van der Waals surface area contributed by atoms with Gasteiger partial charge in [0.2, 0.25) is 0 Å². The summed E-state index contributed by atoms with van der Waals surface area (Å²) >= 11 is 0. The second-order valence-electron chi connectivity index (χ2n) is 7.16. The number of para-hydroxylation sites is 1. The minimum atomic E-state index is 0.0244. The van der Waals surface area contributed by atoms with E-state index in [4.69, 9.17) is 9.47 Å². The van der Waals surface area contributed by atoms with Crippen LogP contribution in [0, 0.1) is 0 Å². The fourth-order valence-corrected chi connectivity index (χ4v) is 3.89. The van der Waals surface area contributed by atoms with E-state index in [1.807, 2.05) is 23.1 Å². The number of piperazine rings is 1. The second-order valence-corrected chi connectivity index (χ2v) is 7.16. The van der Waals surface area contributed by atoms with Gasteiger partial charge in [0.1, 0.15) is 11.9 Å². The van der Waals surface area contributed by atoms with Gasteiger partial charge in [0.25, 0.3) is 0 Å². The van der Waals surface area contributed by atoms with Gasteiger partial charge in [-0.1, -0.05) is 18.2 Å². The SMILES string of the molecule is O=C(NC[C@H]1Cc2ccccc2O1)N1CCN(C[C@H]2CCCO2)CC1. The van der Waals surface area contributed by atoms with Crippen LogP contribution < -0.4 is 10.1 Å². The van der Waals surface area contributed by atoms with Gasteiger partial charge in [-0.15, -0.1) is 0 Å². The lowest BCUT2D eigenvalue weighted by Gasteiger charge is -2.35. The van der Waals surface area contributed by atoms with E-state index in [0.29, 0.717) is 12.6 Å². The largest absolute Gasteiger partial charge is 0.488 e. The smallest absolute Gasteiger partial charge is 0.317 e. The van der Waals surface area contributed by atoms with Crippen LogP contribution in [-0.4, -0.2) is 73.9 Å². The Labute approximate surface area is 149 Å². The first-order chi connectivity index (χ1) is 12.3. The van der Waals surface area contributed by atoms with Crippen molar-refractivity contribution in [3.63, 3.8) is 0 Å². The molecular weight excluding hydrogens is 318 g/mol. The molecule has 136 valence electrons. The Kier molecular flexibility index (Phi) is 5.08. The Bertz CT molecular complexity index is 570. The molecule has 0 bridgehead atoms. The Morgan fingerprint density at radius 2 is 2.00 bits per heavy atom. The summed E-state index contributed by atoms with van der Waals surface area (Å²) < 4.78 is 11.6. The molecule has 4 rings (SSSR count). The van der Waals surface area contributed by atoms with E-state index >= 15 is 0 Å². The van der Waals surface area contributed by atoms with Crippen molar-refractivity contribution in [2.75, 3.05) is 45.9 Å². The number of carbonyl (C=O) groups is 1. The molecule has 2 amide bonds. The molecule has 3 aliphatic heterocycles. The third-order valence-electron chi connectivity index (χ3n) is 5.34. The fraction of sp³-hybridized carbons (Fsp3) is 0.632. The summed E-state index contributed by atoms with van der Waals surface area (Å²) in [7, 11) is 0. The summed E-state index contributed by atoms with van der Waals surface area (Å²) in [5.41, 5.74) is 1.23. The van der Waals surface area contributed by atoms with Gasteiger partial charge in [-0.3, -0.25) is 4.90 Å². The van der Waals surface area contributed by atoms with E-state index in [1.54, 1.807) is 0 Å². The Morgan fingerprint density at radius 3 is 2.76 bits per heavy atom. The molecule has 0 radical (unpaired) electrons. The third-order valence-corrected chi connectivity index (χ3v) is 5.34. The normalized spacial score (nSPS) is 26.3. The van der Waals surface area contributed by atoms with Crippen LogP contribution in [0.3, 0.4) is 0 Å². The fourth-order valence-electron chi connectivity index (χ4n) is 3.89. The van der Waals surface area contributed by atoms with Crippen LogP contribution in [0.4, 0.5) is 4.79 Å². The highest BCUT2D eigenvalue weighted by Crippen LogP contribution is 2.27. The summed E-state index contributed by atoms with van der Waals surface area (Å²) in [6.45, 7) is 5.89. The van der Waals surface area contributed by atoms with Crippen LogP contribution in [-0.2, 0) is 11.2 Å². The third kappa shape index (κ3) is 4.07. The maximum Gasteiger partial charge on any atom is 0.317 e. The van der Waals surface area contributed by atoms with E-state index in [1.165, 1.54) is 18.4 Å². The van der Waals surface area contributed by atoms with Crippen LogP contribution in [0.2, 0.25) is 0 Å². The van der Waals surface area contributed by atoms with Crippen molar-refractivity contribution in [3.8, 4) is 5.75 Å². The summed E-state index contributed by atoms with van der Waals surface area (Å²) in [6.07, 6.45) is 3.65. The lowest BCUT2D eigenvalue weighted by molar-refractivity contribution is 0.0559. The summed E-state index contributed by atoms with van der Waals surface area (Å²) in [4.78, 5) is 16.7. The number of hydrogen-bond acceptors (Lipinski definition) is 4. The average molecular weight is 345 g/mol. The van der Waals surface area contributed by atoms with E-state index < -0.39 is 0 Å². The number of hydrogen-bond donors (Lipinski definition) is 1. The highest BCUT2D eigenvalue weighted by Gasteiger charge is 2.26. The lowest BCUT2D eigenvalue weighted by atomic mass is 10.1. The minimum absolute atomic E-state index is 0.0244. The van der Waals surface area contributed by atoms with E-state index in [-0.39, 0.29) is 12.1 Å². The Hall–Kier alpha value is -1.79. The van der Waals surface area contributed by atoms with Crippen LogP contribution in [0.15, 0.2) is 24.3 Å². The molecule has 3 heterocycles. The molecule has 1 aromatic carbocycles. The summed E-state index contributed by atoms with van der Waals surface area (Å²) in [5, 5.41) is 3.04. The zero-order valence-electron chi connectivity index (χ0n) is 14.7. The van der Waals surface area contributed by atoms with Crippen LogP contribution >= 0.6 is 0 Å². The predicted molar refractivity (Wildman–Crippen MR) is 94.9 cm³/mol. The molecule has 0 aromatic heterocycles. The molecule has 0 unspecified atom stereocenters. The highest BCUT2D eigenvalue weighted by atomic mass is 16.5. The first-order valence-electron chi connectivity index (χ1n) is 9.39. The number of urea groups is 1. The molecule has 2 atom stereocenters. The molecule has 0 aliphatic carbocycles. The average Bonchev–Trinajstić information content (AvgIpc) is 3.29. The van der Waals surface area contributed by atoms with Crippen LogP contribution in [0.1, 0.15) is 18.4 Å². The van der Waals surface area contributed by atoms with Crippen LogP contribution in [0.25, 0.3) is 0 Å². The number of ether oxygens (including phenoxy) is 2. The lowest BCUT2D eigenvalue weighted by Crippen LogP contribution is -2.53. The maximum absolute atomic E-state index is 12.4. The summed E-state index contributed by atoms with van der Waals surface area (Å²) in [5.74, 6) is 0.949. The molecule has 1 N–H and O–H groups in total. The van der Waals surface area contributed by atoms with Gasteiger partial charge in [-0.2, -0.15) is 0 Å². The number of carbonyl (C=O) groups excluding carboxylic acids is 1. The zero-order valence-corrected chi connectivity index (χ0v) is 14.7. The molecule has 0 saturated carbocycles. The van der Waals surface area contributed by atoms with Crippen molar-refractivity contribution < 1.29 is 14.3 Å². The quantitative estimate of drug-likeness (QED) is 0.898. The second kappa shape index (κ2) is 7.62. The van der Waals surface area contributed by atoms with Crippen molar-refractivity contribution in [1.29, 1.82) is 0 Å². The summed E-state index contributed by atoms with van der Waals surface area (Å²) in [6, 6.07) is 8.11. The Balaban J connectivity index is 1.17. The number of benzene rings is 1. The van der Waals surface area contributed by atoms with Gasteiger partial charge in [0.15, 0.2) is 0 Å². The van der Waals surface area contributed by atoms with Gasteiger partial charge < -0.3 is 19.7 Å². The number of nitrogens with zero attached hydrogens (tertiary/aromatic N) is 2. The Morgan fingerprint density at radius 1 is 1.16 bits per heavy atom. The molecular formula is C19H27N3O3. The van der Waals surface area contributed by atoms with Crippen molar-refractivity contribution in [2.24, 2.45) is 0 Å². The number of nitrogens with one attached hydrogen (secondary N) is 1. The predicted octanol–water partition coefficient (Wildman–Crippen LogP) is 1.50. The minimum Gasteiger partial charge on any atom is -0.488 e. The van der Waals surface area contributed by atoms with Gasteiger partial charge in [-0.05, 0) is 24.5 Å². The monoisotopic (exact) mass is 345 g/mol. The molecule has 6 heteroatoms. The van der Waals surface area contributed by atoms with Crippen molar-refractivity contribution in [3.05, 3.63) is 29.8 Å². The van der Waals surface area contributed by atoms with Gasteiger partial charge in [0, 0.05) is 45.8 Å². The first kappa shape index (κ1) is 16.7. The molecule has 25 heavy (non-hydrogen) atoms. The number of fused-ring (bicyclic) bond motifs is 1. The van der Waals surface area contributed by atoms with E-state index in [2.05, 4.69) is 16.3 Å². The highest BCUT2D eigenvalue weighted by molar-refractivity contribution is 5.74. The molecule has 6 nitrogen and oxygen atoms in total. The molecule has 3 aliphatic rings. The maximum atomic E-state index is 12.4. The molecule has 2 saturated heterocycles. The number of rotatable bonds is 4. The van der Waals surface area contributed by atoms with Crippen molar-refractivity contribution in [1.82, 2.24) is 15.1 Å². The van der Waals surface area contributed by atoms with Crippen molar-refractivity contribution >= 4 is 6.03 Å². The molecule has 1 aromatic rings. The first-order valence-corrected chi connectivity index (χ1v) is 9.39. The van der Waals surface area contributed by atoms with Crippen molar-refractivity contribution in [2.45, 2.75) is 31.5 Å².